The van der Waals surface area contributed by atoms with Gasteiger partial charge in [0.15, 0.2) is 0 Å². The standard InChI is InChI=1S/C6H6F3N3O3S/c1-3-5(12-11-4(2)10-3)15-16(13,14)6(7,8)9/h1-2H3. The van der Waals surface area contributed by atoms with Gasteiger partial charge in [-0.3, -0.25) is 0 Å². The van der Waals surface area contributed by atoms with Crippen molar-refractivity contribution < 1.29 is 25.8 Å². The number of alkyl halides is 3. The maximum Gasteiger partial charge on any atom is 0.534 e. The molecule has 0 aliphatic carbocycles. The third-order valence-electron chi connectivity index (χ3n) is 1.40. The van der Waals surface area contributed by atoms with E-state index in [2.05, 4.69) is 19.4 Å². The van der Waals surface area contributed by atoms with Crippen LogP contribution in [0.3, 0.4) is 0 Å². The van der Waals surface area contributed by atoms with Gasteiger partial charge < -0.3 is 4.18 Å². The average Bonchev–Trinajstić information content (AvgIpc) is 2.08. The highest BCUT2D eigenvalue weighted by atomic mass is 32.2. The monoisotopic (exact) mass is 257 g/mol. The van der Waals surface area contributed by atoms with Gasteiger partial charge in [0, 0.05) is 0 Å². The lowest BCUT2D eigenvalue weighted by Gasteiger charge is -2.09. The van der Waals surface area contributed by atoms with Crippen LogP contribution in [0.1, 0.15) is 11.5 Å². The molecule has 0 aliphatic rings. The molecule has 90 valence electrons. The highest BCUT2D eigenvalue weighted by Crippen LogP contribution is 2.26. The summed E-state index contributed by atoms with van der Waals surface area (Å²) in [7, 11) is -5.73. The Hall–Kier alpha value is -1.45. The van der Waals surface area contributed by atoms with Gasteiger partial charge in [-0.2, -0.15) is 21.6 Å². The van der Waals surface area contributed by atoms with Crippen molar-refractivity contribution >= 4 is 10.1 Å². The highest BCUT2D eigenvalue weighted by Gasteiger charge is 2.49. The van der Waals surface area contributed by atoms with E-state index in [1.54, 1.807) is 0 Å². The molecule has 0 radical (unpaired) electrons. The van der Waals surface area contributed by atoms with Crippen LogP contribution in [0.4, 0.5) is 13.2 Å². The van der Waals surface area contributed by atoms with Gasteiger partial charge in [-0.05, 0) is 13.8 Å². The SMILES string of the molecule is Cc1nnc(OS(=O)(=O)C(F)(F)F)c(C)n1. The number of aryl methyl sites for hydroxylation is 2. The number of halogens is 3. The van der Waals surface area contributed by atoms with E-state index >= 15 is 0 Å². The third-order valence-corrected chi connectivity index (χ3v) is 2.34. The van der Waals surface area contributed by atoms with Crippen LogP contribution in [0.5, 0.6) is 5.88 Å². The Morgan fingerprint density at radius 1 is 1.19 bits per heavy atom. The van der Waals surface area contributed by atoms with Crippen molar-refractivity contribution in [1.29, 1.82) is 0 Å². The number of rotatable bonds is 2. The second-order valence-electron chi connectivity index (χ2n) is 2.73. The minimum atomic E-state index is -5.73. The lowest BCUT2D eigenvalue weighted by molar-refractivity contribution is -0.0501. The van der Waals surface area contributed by atoms with Gasteiger partial charge in [-0.15, -0.1) is 10.2 Å². The van der Waals surface area contributed by atoms with Crippen molar-refractivity contribution in [2.24, 2.45) is 0 Å². The molecule has 10 heteroatoms. The quantitative estimate of drug-likeness (QED) is 0.573. The first-order valence-electron chi connectivity index (χ1n) is 3.82. The first-order valence-corrected chi connectivity index (χ1v) is 5.23. The lowest BCUT2D eigenvalue weighted by atomic mass is 10.5. The summed E-state index contributed by atoms with van der Waals surface area (Å²) in [5, 5.41) is 6.45. The second-order valence-corrected chi connectivity index (χ2v) is 4.27. The van der Waals surface area contributed by atoms with E-state index in [1.807, 2.05) is 0 Å². The molecule has 16 heavy (non-hydrogen) atoms. The molecule has 0 atom stereocenters. The number of aromatic nitrogens is 3. The molecular weight excluding hydrogens is 251 g/mol. The van der Waals surface area contributed by atoms with E-state index in [-0.39, 0.29) is 11.5 Å². The number of nitrogens with zero attached hydrogens (tertiary/aromatic N) is 3. The summed E-state index contributed by atoms with van der Waals surface area (Å²) in [6.45, 7) is 2.70. The third kappa shape index (κ3) is 2.56. The molecule has 0 amide bonds. The maximum absolute atomic E-state index is 11.9. The molecule has 1 aromatic rings. The van der Waals surface area contributed by atoms with Gasteiger partial charge in [0.25, 0.3) is 5.88 Å². The summed E-state index contributed by atoms with van der Waals surface area (Å²) >= 11 is 0. The molecule has 1 aromatic heterocycles. The van der Waals surface area contributed by atoms with Crippen molar-refractivity contribution in [2.45, 2.75) is 19.4 Å². The molecule has 0 aromatic carbocycles. The van der Waals surface area contributed by atoms with E-state index < -0.39 is 21.5 Å². The van der Waals surface area contributed by atoms with Crippen LogP contribution in [0, 0.1) is 13.8 Å². The molecule has 0 bridgehead atoms. The molecule has 1 rings (SSSR count). The summed E-state index contributed by atoms with van der Waals surface area (Å²) in [4.78, 5) is 3.61. The molecule has 0 saturated heterocycles. The van der Waals surface area contributed by atoms with E-state index in [1.165, 1.54) is 13.8 Å². The van der Waals surface area contributed by atoms with Crippen LogP contribution in [0.2, 0.25) is 0 Å². The van der Waals surface area contributed by atoms with Gasteiger partial charge in [0.2, 0.25) is 0 Å². The molecular formula is C6H6F3N3O3S. The van der Waals surface area contributed by atoms with Crippen LogP contribution in [0.25, 0.3) is 0 Å². The Kier molecular flexibility index (Phi) is 3.03. The molecule has 0 N–H and O–H groups in total. The first kappa shape index (κ1) is 12.6. The van der Waals surface area contributed by atoms with E-state index in [4.69, 9.17) is 0 Å². The van der Waals surface area contributed by atoms with Crippen LogP contribution in [-0.4, -0.2) is 29.1 Å². The second kappa shape index (κ2) is 3.85. The normalized spacial score (nSPS) is 12.6. The minimum absolute atomic E-state index is 0.0969. The van der Waals surface area contributed by atoms with E-state index in [9.17, 15) is 21.6 Å². The van der Waals surface area contributed by atoms with E-state index in [0.29, 0.717) is 0 Å². The van der Waals surface area contributed by atoms with Crippen molar-refractivity contribution in [3.8, 4) is 5.88 Å². The van der Waals surface area contributed by atoms with Crippen LogP contribution < -0.4 is 4.18 Å². The van der Waals surface area contributed by atoms with Gasteiger partial charge in [-0.1, -0.05) is 0 Å². The van der Waals surface area contributed by atoms with E-state index in [0.717, 1.165) is 0 Å². The minimum Gasteiger partial charge on any atom is -0.352 e. The zero-order valence-electron chi connectivity index (χ0n) is 8.11. The zero-order chi connectivity index (χ0) is 12.6. The zero-order valence-corrected chi connectivity index (χ0v) is 8.93. The van der Waals surface area contributed by atoms with Gasteiger partial charge in [0.1, 0.15) is 11.5 Å². The fourth-order valence-electron chi connectivity index (χ4n) is 0.731. The predicted octanol–water partition coefficient (Wildman–Crippen LogP) is 0.717. The molecule has 0 fully saturated rings. The highest BCUT2D eigenvalue weighted by molar-refractivity contribution is 7.87. The maximum atomic E-state index is 11.9. The van der Waals surface area contributed by atoms with Crippen LogP contribution in [-0.2, 0) is 10.1 Å². The fourth-order valence-corrected chi connectivity index (χ4v) is 1.19. The van der Waals surface area contributed by atoms with Crippen molar-refractivity contribution in [3.63, 3.8) is 0 Å². The first-order chi connectivity index (χ1) is 7.13. The van der Waals surface area contributed by atoms with Crippen LogP contribution in [0.15, 0.2) is 0 Å². The van der Waals surface area contributed by atoms with Gasteiger partial charge in [0.05, 0.1) is 0 Å². The van der Waals surface area contributed by atoms with Crippen LogP contribution >= 0.6 is 0 Å². The summed E-state index contributed by atoms with van der Waals surface area (Å²) in [5.41, 5.74) is -5.60. The Morgan fingerprint density at radius 2 is 1.75 bits per heavy atom. The van der Waals surface area contributed by atoms with Gasteiger partial charge >= 0.3 is 15.6 Å². The number of hydrogen-bond acceptors (Lipinski definition) is 6. The Bertz CT molecular complexity index is 499. The average molecular weight is 257 g/mol. The topological polar surface area (TPSA) is 82.0 Å². The lowest BCUT2D eigenvalue weighted by Crippen LogP contribution is -2.28. The van der Waals surface area contributed by atoms with Crippen molar-refractivity contribution in [2.75, 3.05) is 0 Å². The molecule has 0 saturated carbocycles. The summed E-state index contributed by atoms with van der Waals surface area (Å²) in [6.07, 6.45) is 0. The van der Waals surface area contributed by atoms with Crippen molar-refractivity contribution in [3.05, 3.63) is 11.5 Å². The Labute approximate surface area is 88.6 Å². The summed E-state index contributed by atoms with van der Waals surface area (Å²) in [5.74, 6) is -0.600. The largest absolute Gasteiger partial charge is 0.534 e. The summed E-state index contributed by atoms with van der Waals surface area (Å²) < 4.78 is 60.8. The van der Waals surface area contributed by atoms with Crippen molar-refractivity contribution in [1.82, 2.24) is 15.2 Å². The molecule has 1 heterocycles. The Balaban J connectivity index is 3.07. The van der Waals surface area contributed by atoms with Gasteiger partial charge in [-0.25, -0.2) is 4.98 Å². The molecule has 6 nitrogen and oxygen atoms in total. The smallest absolute Gasteiger partial charge is 0.352 e. The molecule has 0 spiro atoms. The molecule has 0 aliphatic heterocycles. The summed E-state index contributed by atoms with van der Waals surface area (Å²) in [6, 6.07) is 0. The predicted molar refractivity (Wildman–Crippen MR) is 44.9 cm³/mol. The number of hydrogen-bond donors (Lipinski definition) is 0. The fraction of sp³-hybridized carbons (Fsp3) is 0.500. The Morgan fingerprint density at radius 3 is 2.19 bits per heavy atom. The molecule has 0 unspecified atom stereocenters.